The molecule has 0 aromatic heterocycles. The number of urea groups is 1. The van der Waals surface area contributed by atoms with Crippen LogP contribution in [0.4, 0.5) is 10.5 Å². The van der Waals surface area contributed by atoms with E-state index in [0.29, 0.717) is 17.3 Å². The van der Waals surface area contributed by atoms with E-state index >= 15 is 0 Å². The molecule has 0 radical (unpaired) electrons. The second-order valence-electron chi connectivity index (χ2n) is 4.92. The summed E-state index contributed by atoms with van der Waals surface area (Å²) in [6.45, 7) is 0.199. The van der Waals surface area contributed by atoms with Gasteiger partial charge < -0.3 is 10.4 Å². The number of hydrogen-bond acceptors (Lipinski definition) is 2. The van der Waals surface area contributed by atoms with Crippen LogP contribution in [0.1, 0.15) is 19.3 Å². The molecule has 1 saturated carbocycles. The minimum Gasteiger partial charge on any atom is -0.480 e. The minimum atomic E-state index is -1.06. The largest absolute Gasteiger partial charge is 0.480 e. The number of carbonyl (C=O) groups excluding carboxylic acids is 1. The van der Waals surface area contributed by atoms with Crippen LogP contribution in [0.3, 0.4) is 0 Å². The number of halogens is 1. The van der Waals surface area contributed by atoms with Crippen LogP contribution in [0.25, 0.3) is 0 Å². The number of carbonyl (C=O) groups is 2. The van der Waals surface area contributed by atoms with Crippen LogP contribution in [0.15, 0.2) is 24.3 Å². The van der Waals surface area contributed by atoms with Crippen molar-refractivity contribution in [3.63, 3.8) is 0 Å². The summed E-state index contributed by atoms with van der Waals surface area (Å²) in [5.74, 6) is -0.337. The van der Waals surface area contributed by atoms with Crippen molar-refractivity contribution in [3.05, 3.63) is 29.3 Å². The van der Waals surface area contributed by atoms with E-state index in [9.17, 15) is 9.59 Å². The van der Waals surface area contributed by atoms with Crippen LogP contribution >= 0.6 is 11.6 Å². The van der Waals surface area contributed by atoms with Gasteiger partial charge in [0.25, 0.3) is 0 Å². The van der Waals surface area contributed by atoms with Crippen LogP contribution in [-0.2, 0) is 4.79 Å². The van der Waals surface area contributed by atoms with E-state index in [0.717, 1.165) is 12.3 Å². The zero-order valence-corrected chi connectivity index (χ0v) is 11.8. The second-order valence-corrected chi connectivity index (χ2v) is 5.36. The molecule has 1 aromatic carbocycles. The fourth-order valence-electron chi connectivity index (χ4n) is 1.92. The first-order valence-electron chi connectivity index (χ1n) is 6.59. The molecule has 1 aliphatic carbocycles. The van der Waals surface area contributed by atoms with Crippen LogP contribution in [0.2, 0.25) is 5.02 Å². The summed E-state index contributed by atoms with van der Waals surface area (Å²) in [6.07, 6.45) is 3.41. The van der Waals surface area contributed by atoms with Crippen molar-refractivity contribution in [2.75, 3.05) is 18.0 Å². The van der Waals surface area contributed by atoms with Crippen molar-refractivity contribution >= 4 is 29.3 Å². The third-order valence-corrected chi connectivity index (χ3v) is 3.45. The van der Waals surface area contributed by atoms with Crippen LogP contribution in [0.5, 0.6) is 0 Å². The fraction of sp³-hybridized carbons (Fsp3) is 0.429. The summed E-state index contributed by atoms with van der Waals surface area (Å²) >= 11 is 5.79. The standard InChI is InChI=1S/C14H17ClN2O3/c15-11-3-5-12(6-4-11)17(9-13(18)19)14(20)16-8-7-10-1-2-10/h3-6,10H,1-2,7-9H2,(H,16,20)(H,18,19). The Bertz CT molecular complexity index is 486. The number of nitrogens with one attached hydrogen (secondary N) is 1. The van der Waals surface area contributed by atoms with Crippen LogP contribution < -0.4 is 10.2 Å². The molecule has 0 heterocycles. The van der Waals surface area contributed by atoms with Gasteiger partial charge in [-0.1, -0.05) is 24.4 Å². The second kappa shape index (κ2) is 6.61. The highest BCUT2D eigenvalue weighted by Gasteiger charge is 2.22. The van der Waals surface area contributed by atoms with Gasteiger partial charge in [0.05, 0.1) is 0 Å². The molecule has 6 heteroatoms. The predicted octanol–water partition coefficient (Wildman–Crippen LogP) is 2.74. The van der Waals surface area contributed by atoms with Gasteiger partial charge in [0.15, 0.2) is 0 Å². The number of carboxylic acids is 1. The van der Waals surface area contributed by atoms with Crippen molar-refractivity contribution in [1.82, 2.24) is 5.32 Å². The molecule has 20 heavy (non-hydrogen) atoms. The van der Waals surface area contributed by atoms with Crippen LogP contribution in [0, 0.1) is 5.92 Å². The van der Waals surface area contributed by atoms with Gasteiger partial charge in [-0.2, -0.15) is 0 Å². The van der Waals surface area contributed by atoms with E-state index in [1.807, 2.05) is 0 Å². The van der Waals surface area contributed by atoms with Gasteiger partial charge in [-0.05, 0) is 36.6 Å². The molecule has 108 valence electrons. The third kappa shape index (κ3) is 4.42. The molecule has 2 amide bonds. The van der Waals surface area contributed by atoms with Crippen molar-refractivity contribution < 1.29 is 14.7 Å². The maximum absolute atomic E-state index is 12.1. The first-order valence-corrected chi connectivity index (χ1v) is 6.97. The van der Waals surface area contributed by atoms with Crippen LogP contribution in [-0.4, -0.2) is 30.2 Å². The van der Waals surface area contributed by atoms with Crippen molar-refractivity contribution in [3.8, 4) is 0 Å². The number of amides is 2. The molecule has 0 unspecified atom stereocenters. The highest BCUT2D eigenvalue weighted by atomic mass is 35.5. The summed E-state index contributed by atoms with van der Waals surface area (Å²) < 4.78 is 0. The first kappa shape index (κ1) is 14.7. The Morgan fingerprint density at radius 2 is 1.95 bits per heavy atom. The molecule has 5 nitrogen and oxygen atoms in total. The highest BCUT2D eigenvalue weighted by Crippen LogP contribution is 2.31. The minimum absolute atomic E-state index is 0.378. The monoisotopic (exact) mass is 296 g/mol. The SMILES string of the molecule is O=C(O)CN(C(=O)NCCC1CC1)c1ccc(Cl)cc1. The highest BCUT2D eigenvalue weighted by molar-refractivity contribution is 6.30. The Kier molecular flexibility index (Phi) is 4.84. The number of hydrogen-bond donors (Lipinski definition) is 2. The normalized spacial score (nSPS) is 13.8. The van der Waals surface area contributed by atoms with Gasteiger partial charge >= 0.3 is 12.0 Å². The Balaban J connectivity index is 1.99. The molecule has 0 bridgehead atoms. The number of rotatable bonds is 6. The van der Waals surface area contributed by atoms with E-state index in [4.69, 9.17) is 16.7 Å². The number of aliphatic carboxylic acids is 1. The summed E-state index contributed by atoms with van der Waals surface area (Å²) in [7, 11) is 0. The van der Waals surface area contributed by atoms with Gasteiger partial charge in [0.1, 0.15) is 6.54 Å². The quantitative estimate of drug-likeness (QED) is 0.848. The summed E-state index contributed by atoms with van der Waals surface area (Å²) in [6, 6.07) is 6.12. The molecule has 1 aliphatic rings. The molecule has 1 aromatic rings. The number of carboxylic acid groups (broad SMARTS) is 1. The summed E-state index contributed by atoms with van der Waals surface area (Å²) in [4.78, 5) is 24.2. The average molecular weight is 297 g/mol. The number of nitrogens with zero attached hydrogens (tertiary/aromatic N) is 1. The molecular formula is C14H17ClN2O3. The average Bonchev–Trinajstić information content (AvgIpc) is 3.21. The molecule has 0 aliphatic heterocycles. The van der Waals surface area contributed by atoms with Gasteiger partial charge in [-0.25, -0.2) is 4.79 Å². The van der Waals surface area contributed by atoms with Gasteiger partial charge in [-0.3, -0.25) is 9.69 Å². The molecule has 0 saturated heterocycles. The maximum Gasteiger partial charge on any atom is 0.323 e. The number of benzene rings is 1. The third-order valence-electron chi connectivity index (χ3n) is 3.20. The first-order chi connectivity index (χ1) is 9.56. The lowest BCUT2D eigenvalue weighted by atomic mass is 10.3. The zero-order chi connectivity index (χ0) is 14.5. The Morgan fingerprint density at radius 3 is 2.50 bits per heavy atom. The van der Waals surface area contributed by atoms with Crippen molar-refractivity contribution in [2.24, 2.45) is 5.92 Å². The smallest absolute Gasteiger partial charge is 0.323 e. The maximum atomic E-state index is 12.1. The Labute approximate surface area is 122 Å². The molecule has 2 rings (SSSR count). The molecule has 0 spiro atoms. The van der Waals surface area contributed by atoms with E-state index in [-0.39, 0.29) is 6.54 Å². The van der Waals surface area contributed by atoms with Crippen molar-refractivity contribution in [2.45, 2.75) is 19.3 Å². The topological polar surface area (TPSA) is 69.6 Å². The summed E-state index contributed by atoms with van der Waals surface area (Å²) in [5.41, 5.74) is 0.515. The molecule has 2 N–H and O–H groups in total. The van der Waals surface area contributed by atoms with E-state index in [1.165, 1.54) is 17.7 Å². The zero-order valence-electron chi connectivity index (χ0n) is 11.0. The molecule has 1 fully saturated rings. The van der Waals surface area contributed by atoms with Crippen molar-refractivity contribution in [1.29, 1.82) is 0 Å². The van der Waals surface area contributed by atoms with E-state index in [2.05, 4.69) is 5.32 Å². The van der Waals surface area contributed by atoms with Gasteiger partial charge in [0.2, 0.25) is 0 Å². The Hall–Kier alpha value is -1.75. The number of anilines is 1. The molecular weight excluding hydrogens is 280 g/mol. The Morgan fingerprint density at radius 1 is 1.30 bits per heavy atom. The predicted molar refractivity (Wildman–Crippen MR) is 77.2 cm³/mol. The summed E-state index contributed by atoms with van der Waals surface area (Å²) in [5, 5.41) is 12.2. The fourth-order valence-corrected chi connectivity index (χ4v) is 2.05. The lowest BCUT2D eigenvalue weighted by Crippen LogP contribution is -2.43. The lowest BCUT2D eigenvalue weighted by molar-refractivity contribution is -0.135. The van der Waals surface area contributed by atoms with E-state index < -0.39 is 12.0 Å². The van der Waals surface area contributed by atoms with Gasteiger partial charge in [-0.15, -0.1) is 0 Å². The molecule has 0 atom stereocenters. The van der Waals surface area contributed by atoms with Gasteiger partial charge in [0, 0.05) is 17.3 Å². The lowest BCUT2D eigenvalue weighted by Gasteiger charge is -2.21. The van der Waals surface area contributed by atoms with E-state index in [1.54, 1.807) is 24.3 Å².